The van der Waals surface area contributed by atoms with Crippen LogP contribution in [0.3, 0.4) is 0 Å². The van der Waals surface area contributed by atoms with E-state index in [-0.39, 0.29) is 12.5 Å². The van der Waals surface area contributed by atoms with Crippen LogP contribution in [0.5, 0.6) is 5.75 Å². The second-order valence-corrected chi connectivity index (χ2v) is 10.4. The highest BCUT2D eigenvalue weighted by atomic mass is 32.2. The summed E-state index contributed by atoms with van der Waals surface area (Å²) in [6, 6.07) is 2.82. The third-order valence-corrected chi connectivity index (χ3v) is 6.94. The zero-order chi connectivity index (χ0) is 23.4. The van der Waals surface area contributed by atoms with Crippen LogP contribution in [0.4, 0.5) is 4.79 Å². The maximum atomic E-state index is 13.1. The molecule has 8 nitrogen and oxygen atoms in total. The number of thioether (sulfide) groups is 1. The molecule has 2 fully saturated rings. The fourth-order valence-electron chi connectivity index (χ4n) is 4.37. The monoisotopic (exact) mass is 466 g/mol. The van der Waals surface area contributed by atoms with Crippen molar-refractivity contribution in [2.75, 3.05) is 11.5 Å². The molecule has 0 spiro atoms. The summed E-state index contributed by atoms with van der Waals surface area (Å²) in [5, 5.41) is 11.9. The average Bonchev–Trinajstić information content (AvgIpc) is 2.95. The van der Waals surface area contributed by atoms with E-state index in [4.69, 9.17) is 14.2 Å². The molecule has 178 valence electrons. The van der Waals surface area contributed by atoms with E-state index < -0.39 is 29.5 Å². The number of aromatic nitrogens is 1. The lowest BCUT2D eigenvalue weighted by atomic mass is 9.88. The molecular weight excluding hydrogens is 432 g/mol. The number of ether oxygens (including phenoxy) is 3. The lowest BCUT2D eigenvalue weighted by Gasteiger charge is -2.34. The van der Waals surface area contributed by atoms with Gasteiger partial charge in [-0.15, -0.1) is 0 Å². The van der Waals surface area contributed by atoms with Crippen LogP contribution in [0.2, 0.25) is 0 Å². The third kappa shape index (κ3) is 6.07. The van der Waals surface area contributed by atoms with Crippen molar-refractivity contribution in [1.29, 1.82) is 0 Å². The molecule has 1 amide bonds. The highest BCUT2D eigenvalue weighted by Crippen LogP contribution is 2.38. The highest BCUT2D eigenvalue weighted by Gasteiger charge is 2.59. The van der Waals surface area contributed by atoms with Crippen LogP contribution in [0.15, 0.2) is 18.3 Å². The standard InChI is InChI=1S/C23H34N2O6S/c1-5-32-14-19(25-21(27)28)23(20(26)30-22(3,4)31-23)13-16-12-18(10-11-24-16)29-17-8-6-15(2)7-9-17/h10-12,15,17,19,25H,5-9,13-14H2,1-4H3,(H,27,28)/t15?,17?,19-,23+/m0/s1. The van der Waals surface area contributed by atoms with Crippen molar-refractivity contribution in [3.05, 3.63) is 24.0 Å². The van der Waals surface area contributed by atoms with Crippen molar-refractivity contribution >= 4 is 23.8 Å². The van der Waals surface area contributed by atoms with E-state index in [9.17, 15) is 14.7 Å². The van der Waals surface area contributed by atoms with Gasteiger partial charge in [-0.2, -0.15) is 11.8 Å². The largest absolute Gasteiger partial charge is 0.490 e. The Balaban J connectivity index is 1.85. The van der Waals surface area contributed by atoms with Crippen LogP contribution >= 0.6 is 11.8 Å². The maximum Gasteiger partial charge on any atom is 0.405 e. The van der Waals surface area contributed by atoms with Gasteiger partial charge in [0.15, 0.2) is 5.60 Å². The first-order valence-corrected chi connectivity index (χ1v) is 12.4. The van der Waals surface area contributed by atoms with Crippen LogP contribution in [-0.4, -0.2) is 57.2 Å². The van der Waals surface area contributed by atoms with Gasteiger partial charge in [0.25, 0.3) is 0 Å². The minimum absolute atomic E-state index is 0.0728. The van der Waals surface area contributed by atoms with E-state index in [0.717, 1.165) is 37.4 Å². The van der Waals surface area contributed by atoms with Crippen molar-refractivity contribution in [3.63, 3.8) is 0 Å². The molecule has 1 aliphatic heterocycles. The molecule has 2 heterocycles. The third-order valence-electron chi connectivity index (χ3n) is 5.96. The summed E-state index contributed by atoms with van der Waals surface area (Å²) in [4.78, 5) is 29.0. The van der Waals surface area contributed by atoms with Crippen LogP contribution in [0.25, 0.3) is 0 Å². The number of carbonyl (C=O) groups is 2. The molecule has 1 aromatic heterocycles. The maximum absolute atomic E-state index is 13.1. The molecule has 0 radical (unpaired) electrons. The quantitative estimate of drug-likeness (QED) is 0.526. The highest BCUT2D eigenvalue weighted by molar-refractivity contribution is 7.99. The van der Waals surface area contributed by atoms with Gasteiger partial charge >= 0.3 is 12.1 Å². The van der Waals surface area contributed by atoms with Crippen LogP contribution < -0.4 is 10.1 Å². The molecular formula is C23H34N2O6S. The lowest BCUT2D eigenvalue weighted by molar-refractivity contribution is -0.169. The second-order valence-electron chi connectivity index (χ2n) is 9.10. The zero-order valence-electron chi connectivity index (χ0n) is 19.3. The van der Waals surface area contributed by atoms with Gasteiger partial charge in [0.2, 0.25) is 5.79 Å². The Labute approximate surface area is 193 Å². The molecule has 2 atom stereocenters. The van der Waals surface area contributed by atoms with Gasteiger partial charge in [-0.25, -0.2) is 9.59 Å². The van der Waals surface area contributed by atoms with E-state index in [1.807, 2.05) is 19.1 Å². The number of hydrogen-bond donors (Lipinski definition) is 2. The number of nitrogens with one attached hydrogen (secondary N) is 1. The lowest BCUT2D eigenvalue weighted by Crippen LogP contribution is -2.59. The predicted octanol–water partition coefficient (Wildman–Crippen LogP) is 4.02. The zero-order valence-corrected chi connectivity index (χ0v) is 20.1. The number of pyridine rings is 1. The average molecular weight is 467 g/mol. The number of rotatable bonds is 9. The Morgan fingerprint density at radius 3 is 2.69 bits per heavy atom. The van der Waals surface area contributed by atoms with Crippen molar-refractivity contribution in [1.82, 2.24) is 10.3 Å². The molecule has 0 aromatic carbocycles. The molecule has 9 heteroatoms. The Morgan fingerprint density at radius 1 is 1.38 bits per heavy atom. The van der Waals surface area contributed by atoms with E-state index in [0.29, 0.717) is 17.2 Å². The number of hydrogen-bond acceptors (Lipinski definition) is 7. The summed E-state index contributed by atoms with van der Waals surface area (Å²) in [6.45, 7) is 7.53. The Morgan fingerprint density at radius 2 is 2.09 bits per heavy atom. The van der Waals surface area contributed by atoms with Crippen LogP contribution in [0, 0.1) is 5.92 Å². The molecule has 1 aliphatic carbocycles. The molecule has 0 bridgehead atoms. The van der Waals surface area contributed by atoms with Gasteiger partial charge in [-0.3, -0.25) is 4.98 Å². The van der Waals surface area contributed by atoms with Crippen LogP contribution in [0.1, 0.15) is 59.1 Å². The Hall–Kier alpha value is -2.00. The topological polar surface area (TPSA) is 107 Å². The number of carbonyl (C=O) groups excluding carboxylic acids is 1. The fourth-order valence-corrected chi connectivity index (χ4v) is 5.19. The number of amides is 1. The summed E-state index contributed by atoms with van der Waals surface area (Å²) in [7, 11) is 0. The summed E-state index contributed by atoms with van der Waals surface area (Å²) in [6.07, 6.45) is 5.01. The smallest absolute Gasteiger partial charge is 0.405 e. The first-order chi connectivity index (χ1) is 15.1. The van der Waals surface area contributed by atoms with E-state index >= 15 is 0 Å². The summed E-state index contributed by atoms with van der Waals surface area (Å²) in [5.74, 6) is 0.807. The molecule has 2 aliphatic rings. The van der Waals surface area contributed by atoms with Crippen molar-refractivity contribution in [2.45, 2.75) is 83.3 Å². The van der Waals surface area contributed by atoms with Gasteiger partial charge in [0.05, 0.1) is 12.1 Å². The minimum Gasteiger partial charge on any atom is -0.490 e. The summed E-state index contributed by atoms with van der Waals surface area (Å²) in [5.41, 5.74) is -0.935. The molecule has 0 unspecified atom stereocenters. The summed E-state index contributed by atoms with van der Waals surface area (Å²) >= 11 is 1.52. The van der Waals surface area contributed by atoms with Gasteiger partial charge in [-0.05, 0) is 43.4 Å². The van der Waals surface area contributed by atoms with E-state index in [1.54, 1.807) is 20.0 Å². The minimum atomic E-state index is -1.52. The predicted molar refractivity (Wildman–Crippen MR) is 122 cm³/mol. The van der Waals surface area contributed by atoms with E-state index in [1.165, 1.54) is 11.8 Å². The first kappa shape index (κ1) is 24.6. The fraction of sp³-hybridized carbons (Fsp3) is 0.696. The van der Waals surface area contributed by atoms with Crippen molar-refractivity contribution in [3.8, 4) is 5.75 Å². The molecule has 1 saturated carbocycles. The number of nitrogens with zero attached hydrogens (tertiary/aromatic N) is 1. The number of carboxylic acid groups (broad SMARTS) is 1. The van der Waals surface area contributed by atoms with Gasteiger partial charge in [-0.1, -0.05) is 13.8 Å². The second kappa shape index (κ2) is 10.3. The van der Waals surface area contributed by atoms with Gasteiger partial charge in [0, 0.05) is 44.0 Å². The normalized spacial score (nSPS) is 28.1. The number of cyclic esters (lactones) is 1. The molecule has 3 rings (SSSR count). The van der Waals surface area contributed by atoms with E-state index in [2.05, 4.69) is 17.2 Å². The van der Waals surface area contributed by atoms with Gasteiger partial charge < -0.3 is 24.6 Å². The summed E-state index contributed by atoms with van der Waals surface area (Å²) < 4.78 is 17.8. The SMILES string of the molecule is CCSC[C@H](NC(=O)O)[C@@]1(Cc2cc(OC3CCC(C)CC3)ccn2)OC(C)(C)OC1=O. The van der Waals surface area contributed by atoms with Crippen LogP contribution in [-0.2, 0) is 20.7 Å². The van der Waals surface area contributed by atoms with Crippen molar-refractivity contribution in [2.24, 2.45) is 5.92 Å². The van der Waals surface area contributed by atoms with Gasteiger partial charge in [0.1, 0.15) is 5.75 Å². The molecule has 1 saturated heterocycles. The molecule has 32 heavy (non-hydrogen) atoms. The number of esters is 1. The first-order valence-electron chi connectivity index (χ1n) is 11.3. The Bertz CT molecular complexity index is 811. The van der Waals surface area contributed by atoms with Crippen molar-refractivity contribution < 1.29 is 28.9 Å². The Kier molecular flexibility index (Phi) is 7.92. The molecule has 1 aromatic rings. The molecule has 2 N–H and O–H groups in total.